The summed E-state index contributed by atoms with van der Waals surface area (Å²) in [4.78, 5) is 10.2. The van der Waals surface area contributed by atoms with Crippen LogP contribution in [0.1, 0.15) is 85.1 Å². The molecule has 1 unspecified atom stereocenters. The second-order valence-electron chi connectivity index (χ2n) is 7.09. The maximum Gasteiger partial charge on any atom is 0.220 e. The van der Waals surface area contributed by atoms with E-state index in [4.69, 9.17) is 17.3 Å². The van der Waals surface area contributed by atoms with Crippen molar-refractivity contribution in [2.75, 3.05) is 0 Å². The standard InChI is InChI=1S/C10H22.C7H5ClF2.C5H11NO/c1-4-6-8-10(3)9-7-5-2;1-4-2-3-5(9)6(8)7(4)10;1-3-4(2)5(6)7/h10H,4-9H2,1-3H3;2-3H,1H3;4H,3H2,1-2H3,(H2,6,7). The van der Waals surface area contributed by atoms with Crippen LogP contribution in [0.25, 0.3) is 0 Å². The van der Waals surface area contributed by atoms with Gasteiger partial charge in [0.2, 0.25) is 5.91 Å². The molecule has 0 fully saturated rings. The second-order valence-corrected chi connectivity index (χ2v) is 7.47. The van der Waals surface area contributed by atoms with Gasteiger partial charge in [0.05, 0.1) is 0 Å². The van der Waals surface area contributed by atoms with Crippen LogP contribution in [0.5, 0.6) is 0 Å². The van der Waals surface area contributed by atoms with Gasteiger partial charge in [-0.2, -0.15) is 0 Å². The number of halogens is 3. The molecule has 2 N–H and O–H groups in total. The van der Waals surface area contributed by atoms with E-state index in [1.54, 1.807) is 0 Å². The zero-order chi connectivity index (χ0) is 21.4. The minimum atomic E-state index is -0.718. The Morgan fingerprint density at radius 1 is 1.07 bits per heavy atom. The lowest BCUT2D eigenvalue weighted by atomic mass is 9.98. The molecular formula is C22H38ClF2NO. The largest absolute Gasteiger partial charge is 0.369 e. The first-order chi connectivity index (χ1) is 12.6. The highest BCUT2D eigenvalue weighted by atomic mass is 35.5. The Balaban J connectivity index is 0. The van der Waals surface area contributed by atoms with Crippen molar-refractivity contribution in [3.63, 3.8) is 0 Å². The quantitative estimate of drug-likeness (QED) is 0.448. The summed E-state index contributed by atoms with van der Waals surface area (Å²) >= 11 is 5.23. The fraction of sp³-hybridized carbons (Fsp3) is 0.682. The molecular weight excluding hydrogens is 368 g/mol. The van der Waals surface area contributed by atoms with Crippen molar-refractivity contribution in [3.8, 4) is 0 Å². The van der Waals surface area contributed by atoms with Crippen LogP contribution in [-0.2, 0) is 4.79 Å². The van der Waals surface area contributed by atoms with Crippen molar-refractivity contribution in [1.29, 1.82) is 0 Å². The zero-order valence-electron chi connectivity index (χ0n) is 17.9. The number of carbonyl (C=O) groups excluding carboxylic acids is 1. The van der Waals surface area contributed by atoms with Crippen LogP contribution in [0.2, 0.25) is 5.02 Å². The SMILES string of the molecule is CCC(C)C(N)=O.CCCCC(C)CCCC.Cc1ccc(F)c(Cl)c1F. The first-order valence-corrected chi connectivity index (χ1v) is 10.4. The Kier molecular flexibility index (Phi) is 17.6. The molecule has 2 nitrogen and oxygen atoms in total. The molecule has 0 aromatic heterocycles. The second kappa shape index (κ2) is 17.0. The molecule has 1 aromatic carbocycles. The number of hydrogen-bond donors (Lipinski definition) is 1. The highest BCUT2D eigenvalue weighted by Gasteiger charge is 2.07. The molecule has 0 aliphatic carbocycles. The number of unbranched alkanes of at least 4 members (excludes halogenated alkanes) is 2. The van der Waals surface area contributed by atoms with E-state index in [-0.39, 0.29) is 11.8 Å². The first kappa shape index (κ1) is 28.1. The van der Waals surface area contributed by atoms with E-state index >= 15 is 0 Å². The van der Waals surface area contributed by atoms with Crippen LogP contribution in [0, 0.1) is 30.4 Å². The lowest BCUT2D eigenvalue weighted by molar-refractivity contribution is -0.121. The van der Waals surface area contributed by atoms with Crippen LogP contribution in [-0.4, -0.2) is 5.91 Å². The van der Waals surface area contributed by atoms with E-state index in [1.807, 2.05) is 13.8 Å². The summed E-state index contributed by atoms with van der Waals surface area (Å²) in [5, 5.41) is -0.431. The van der Waals surface area contributed by atoms with Crippen LogP contribution in [0.4, 0.5) is 8.78 Å². The summed E-state index contributed by atoms with van der Waals surface area (Å²) in [6, 6.07) is 2.48. The molecule has 1 aromatic rings. The van der Waals surface area contributed by atoms with Crippen LogP contribution >= 0.6 is 11.6 Å². The molecule has 158 valence electrons. The summed E-state index contributed by atoms with van der Waals surface area (Å²) in [5.41, 5.74) is 5.26. The van der Waals surface area contributed by atoms with E-state index in [0.717, 1.165) is 18.4 Å². The number of aryl methyl sites for hydroxylation is 1. The monoisotopic (exact) mass is 405 g/mol. The molecule has 0 saturated heterocycles. The van der Waals surface area contributed by atoms with E-state index in [1.165, 1.54) is 51.5 Å². The maximum atomic E-state index is 12.6. The summed E-state index contributed by atoms with van der Waals surface area (Å²) in [6.45, 7) is 12.2. The molecule has 1 atom stereocenters. The van der Waals surface area contributed by atoms with Gasteiger partial charge in [-0.3, -0.25) is 4.79 Å². The fourth-order valence-electron chi connectivity index (χ4n) is 2.07. The Morgan fingerprint density at radius 2 is 1.56 bits per heavy atom. The third kappa shape index (κ3) is 14.6. The molecule has 0 bridgehead atoms. The van der Waals surface area contributed by atoms with Gasteiger partial charge in [-0.15, -0.1) is 0 Å². The van der Waals surface area contributed by atoms with Crippen molar-refractivity contribution in [3.05, 3.63) is 34.4 Å². The Bertz CT molecular complexity index is 488. The molecule has 0 saturated carbocycles. The molecule has 0 heterocycles. The van der Waals surface area contributed by atoms with Crippen LogP contribution in [0.3, 0.4) is 0 Å². The van der Waals surface area contributed by atoms with Gasteiger partial charge in [0, 0.05) is 5.92 Å². The molecule has 27 heavy (non-hydrogen) atoms. The van der Waals surface area contributed by atoms with E-state index in [9.17, 15) is 13.6 Å². The predicted molar refractivity (Wildman–Crippen MR) is 113 cm³/mol. The lowest BCUT2D eigenvalue weighted by Crippen LogP contribution is -2.19. The highest BCUT2D eigenvalue weighted by molar-refractivity contribution is 6.30. The summed E-state index contributed by atoms with van der Waals surface area (Å²) in [6.07, 6.45) is 9.28. The lowest BCUT2D eigenvalue weighted by Gasteiger charge is -2.08. The number of benzene rings is 1. The number of carbonyl (C=O) groups is 1. The Morgan fingerprint density at radius 3 is 1.85 bits per heavy atom. The van der Waals surface area contributed by atoms with Gasteiger partial charge in [0.1, 0.15) is 16.7 Å². The number of primary amides is 1. The molecule has 0 spiro atoms. The van der Waals surface area contributed by atoms with Gasteiger partial charge in [0.15, 0.2) is 0 Å². The van der Waals surface area contributed by atoms with Gasteiger partial charge in [0.25, 0.3) is 0 Å². The molecule has 1 rings (SSSR count). The molecule has 0 aliphatic rings. The molecule has 0 radical (unpaired) electrons. The average Bonchev–Trinajstić information content (AvgIpc) is 2.66. The number of hydrogen-bond acceptors (Lipinski definition) is 1. The predicted octanol–water partition coefficient (Wildman–Crippen LogP) is 7.45. The third-order valence-electron chi connectivity index (χ3n) is 4.43. The topological polar surface area (TPSA) is 43.1 Å². The van der Waals surface area contributed by atoms with Gasteiger partial charge in [-0.05, 0) is 30.9 Å². The minimum absolute atomic E-state index is 0.0417. The molecule has 1 amide bonds. The normalized spacial score (nSPS) is 11.2. The first-order valence-electron chi connectivity index (χ1n) is 10.0. The Hall–Kier alpha value is -1.16. The van der Waals surface area contributed by atoms with E-state index in [0.29, 0.717) is 5.56 Å². The van der Waals surface area contributed by atoms with Gasteiger partial charge in [-0.1, -0.05) is 90.8 Å². The maximum absolute atomic E-state index is 12.6. The van der Waals surface area contributed by atoms with Crippen molar-refractivity contribution < 1.29 is 13.6 Å². The number of rotatable bonds is 8. The highest BCUT2D eigenvalue weighted by Crippen LogP contribution is 2.20. The average molecular weight is 406 g/mol. The fourth-order valence-corrected chi connectivity index (χ4v) is 2.29. The van der Waals surface area contributed by atoms with Crippen LogP contribution in [0.15, 0.2) is 12.1 Å². The van der Waals surface area contributed by atoms with Crippen molar-refractivity contribution >= 4 is 17.5 Å². The minimum Gasteiger partial charge on any atom is -0.369 e. The van der Waals surface area contributed by atoms with Gasteiger partial charge >= 0.3 is 0 Å². The Labute approximate surface area is 169 Å². The summed E-state index contributed by atoms with van der Waals surface area (Å²) in [7, 11) is 0. The van der Waals surface area contributed by atoms with Crippen molar-refractivity contribution in [2.45, 2.75) is 86.5 Å². The van der Waals surface area contributed by atoms with Crippen molar-refractivity contribution in [1.82, 2.24) is 0 Å². The number of amides is 1. The van der Waals surface area contributed by atoms with E-state index in [2.05, 4.69) is 20.8 Å². The van der Waals surface area contributed by atoms with Crippen molar-refractivity contribution in [2.24, 2.45) is 17.6 Å². The van der Waals surface area contributed by atoms with E-state index < -0.39 is 16.7 Å². The van der Waals surface area contributed by atoms with Gasteiger partial charge < -0.3 is 5.73 Å². The smallest absolute Gasteiger partial charge is 0.220 e. The zero-order valence-corrected chi connectivity index (χ0v) is 18.6. The molecule has 0 aliphatic heterocycles. The summed E-state index contributed by atoms with van der Waals surface area (Å²) in [5.74, 6) is -0.589. The molecule has 5 heteroatoms. The third-order valence-corrected chi connectivity index (χ3v) is 4.77. The number of nitrogens with two attached hydrogens (primary N) is 1. The summed E-state index contributed by atoms with van der Waals surface area (Å²) < 4.78 is 25.0. The van der Waals surface area contributed by atoms with Gasteiger partial charge in [-0.25, -0.2) is 8.78 Å². The van der Waals surface area contributed by atoms with Crippen LogP contribution < -0.4 is 5.73 Å².